The number of benzene rings is 4. The molecule has 2 fully saturated rings. The van der Waals surface area contributed by atoms with Gasteiger partial charge in [0.05, 0.1) is 17.4 Å². The molecule has 2 saturated heterocycles. The van der Waals surface area contributed by atoms with Crippen LogP contribution in [0.15, 0.2) is 102 Å². The number of hydrogen-bond acceptors (Lipinski definition) is 7. The van der Waals surface area contributed by atoms with Crippen LogP contribution >= 0.6 is 0 Å². The number of tetrazole rings is 1. The summed E-state index contributed by atoms with van der Waals surface area (Å²) in [5, 5.41) is 17.4. The Bertz CT molecular complexity index is 2060. The maximum atomic E-state index is 14.4. The van der Waals surface area contributed by atoms with Gasteiger partial charge in [0, 0.05) is 31.0 Å². The van der Waals surface area contributed by atoms with Crippen molar-refractivity contribution in [2.24, 2.45) is 0 Å². The molecule has 47 heavy (non-hydrogen) atoms. The highest BCUT2D eigenvalue weighted by Gasteiger charge is 2.49. The minimum absolute atomic E-state index is 0.0174. The van der Waals surface area contributed by atoms with Gasteiger partial charge < -0.3 is 0 Å². The van der Waals surface area contributed by atoms with Crippen molar-refractivity contribution in [3.05, 3.63) is 130 Å². The Kier molecular flexibility index (Phi) is 7.71. The van der Waals surface area contributed by atoms with Crippen LogP contribution in [-0.4, -0.2) is 47.8 Å². The lowest BCUT2D eigenvalue weighted by Gasteiger charge is -2.30. The summed E-state index contributed by atoms with van der Waals surface area (Å²) < 4.78 is 1.87. The molecule has 8 rings (SSSR count). The van der Waals surface area contributed by atoms with Gasteiger partial charge in [-0.05, 0) is 64.4 Å². The van der Waals surface area contributed by atoms with Crippen molar-refractivity contribution in [2.75, 3.05) is 6.54 Å². The van der Waals surface area contributed by atoms with Crippen LogP contribution in [0, 0.1) is 0 Å². The summed E-state index contributed by atoms with van der Waals surface area (Å²) in [6, 6.07) is 33.4. The van der Waals surface area contributed by atoms with Crippen molar-refractivity contribution < 1.29 is 4.84 Å². The van der Waals surface area contributed by atoms with Gasteiger partial charge in [0.25, 0.3) is 5.56 Å². The second-order valence-electron chi connectivity index (χ2n) is 12.7. The van der Waals surface area contributed by atoms with Crippen LogP contribution in [0.1, 0.15) is 61.5 Å². The molecule has 2 aromatic heterocycles. The van der Waals surface area contributed by atoms with Gasteiger partial charge >= 0.3 is 0 Å². The predicted octanol–water partition coefficient (Wildman–Crippen LogP) is 6.68. The lowest BCUT2D eigenvalue weighted by atomic mass is 9.81. The van der Waals surface area contributed by atoms with E-state index in [4.69, 9.17) is 9.82 Å². The van der Waals surface area contributed by atoms with Crippen molar-refractivity contribution in [2.45, 2.75) is 63.6 Å². The summed E-state index contributed by atoms with van der Waals surface area (Å²) in [4.78, 5) is 26.3. The summed E-state index contributed by atoms with van der Waals surface area (Å²) in [6.07, 6.45) is 5.86. The van der Waals surface area contributed by atoms with E-state index in [0.717, 1.165) is 89.8 Å². The van der Waals surface area contributed by atoms with Gasteiger partial charge in [-0.2, -0.15) is 10.3 Å². The van der Waals surface area contributed by atoms with E-state index in [9.17, 15) is 4.79 Å². The highest BCUT2D eigenvalue weighted by molar-refractivity contribution is 5.81. The van der Waals surface area contributed by atoms with Crippen molar-refractivity contribution in [1.29, 1.82) is 0 Å². The SMILES string of the molecule is CCCCc1nc2ccc([C@@]3(c4ccccc4)C[C@H]4CCCN4O3)cc2c(=O)n1Cc1ccc(-c2ccccc2-c2nn[nH]n2)cc1. The number of aromatic nitrogens is 6. The largest absolute Gasteiger partial charge is 0.292 e. The second-order valence-corrected chi connectivity index (χ2v) is 12.7. The van der Waals surface area contributed by atoms with Gasteiger partial charge in [0.2, 0.25) is 5.82 Å². The Balaban J connectivity index is 1.18. The third-order valence-corrected chi connectivity index (χ3v) is 9.73. The third-order valence-electron chi connectivity index (χ3n) is 9.73. The van der Waals surface area contributed by atoms with Crippen LogP contribution in [0.25, 0.3) is 33.4 Å². The van der Waals surface area contributed by atoms with E-state index < -0.39 is 5.60 Å². The average molecular weight is 624 g/mol. The first kappa shape index (κ1) is 29.4. The van der Waals surface area contributed by atoms with Crippen molar-refractivity contribution in [1.82, 2.24) is 35.2 Å². The minimum Gasteiger partial charge on any atom is -0.292 e. The second kappa shape index (κ2) is 12.3. The zero-order chi connectivity index (χ0) is 31.8. The number of H-pyrrole nitrogens is 1. The third kappa shape index (κ3) is 5.35. The van der Waals surface area contributed by atoms with Crippen LogP contribution in [0.3, 0.4) is 0 Å². The molecule has 0 radical (unpaired) electrons. The molecule has 4 aromatic carbocycles. The molecule has 1 N–H and O–H groups in total. The highest BCUT2D eigenvalue weighted by atomic mass is 16.7. The van der Waals surface area contributed by atoms with E-state index >= 15 is 0 Å². The van der Waals surface area contributed by atoms with Crippen LogP contribution < -0.4 is 5.56 Å². The number of fused-ring (bicyclic) bond motifs is 2. The number of hydroxylamine groups is 2. The first-order valence-electron chi connectivity index (χ1n) is 16.6. The number of unbranched alkanes of at least 4 members (excludes halogenated alkanes) is 1. The van der Waals surface area contributed by atoms with Gasteiger partial charge in [-0.15, -0.1) is 10.2 Å². The lowest BCUT2D eigenvalue weighted by molar-refractivity contribution is -0.183. The van der Waals surface area contributed by atoms with E-state index in [1.807, 2.05) is 41.0 Å². The summed E-state index contributed by atoms with van der Waals surface area (Å²) in [7, 11) is 0. The predicted molar refractivity (Wildman–Crippen MR) is 181 cm³/mol. The molecule has 0 aliphatic carbocycles. The summed E-state index contributed by atoms with van der Waals surface area (Å²) >= 11 is 0. The molecule has 0 saturated carbocycles. The van der Waals surface area contributed by atoms with Crippen LogP contribution in [0.4, 0.5) is 0 Å². The molecule has 4 heterocycles. The molecule has 236 valence electrons. The molecule has 9 nitrogen and oxygen atoms in total. The Hall–Kier alpha value is -4.99. The van der Waals surface area contributed by atoms with Crippen molar-refractivity contribution in [3.8, 4) is 22.5 Å². The first-order chi connectivity index (χ1) is 23.1. The number of rotatable bonds is 9. The van der Waals surface area contributed by atoms with Crippen LogP contribution in [0.2, 0.25) is 0 Å². The number of aryl methyl sites for hydroxylation is 1. The molecular weight excluding hydrogens is 586 g/mol. The normalized spacial score (nSPS) is 19.4. The fraction of sp³-hybridized carbons (Fsp3) is 0.289. The van der Waals surface area contributed by atoms with Gasteiger partial charge in [-0.25, -0.2) is 4.98 Å². The molecule has 2 atom stereocenters. The lowest BCUT2D eigenvalue weighted by Crippen LogP contribution is -2.31. The quantitative estimate of drug-likeness (QED) is 0.192. The number of aromatic amines is 1. The van der Waals surface area contributed by atoms with Gasteiger partial charge in [0.15, 0.2) is 0 Å². The maximum absolute atomic E-state index is 14.4. The molecule has 6 aromatic rings. The van der Waals surface area contributed by atoms with E-state index in [-0.39, 0.29) is 5.56 Å². The number of nitrogens with zero attached hydrogens (tertiary/aromatic N) is 6. The molecule has 0 amide bonds. The summed E-state index contributed by atoms with van der Waals surface area (Å²) in [5.41, 5.74) is 6.19. The van der Waals surface area contributed by atoms with Crippen LogP contribution in [-0.2, 0) is 23.4 Å². The minimum atomic E-state index is -0.633. The maximum Gasteiger partial charge on any atom is 0.261 e. The fourth-order valence-corrected chi connectivity index (χ4v) is 7.30. The monoisotopic (exact) mass is 623 g/mol. The molecule has 9 heteroatoms. The Morgan fingerprint density at radius 3 is 2.51 bits per heavy atom. The standard InChI is InChI=1S/C38H37N7O2/c1-2-3-15-35-39-34-21-20-29(38(28-10-5-4-6-11-28)24-30-12-9-22-45(30)47-38)23-33(34)37(46)44(35)25-26-16-18-27(19-17-26)31-13-7-8-14-32(31)36-40-42-43-41-36/h4-8,10-11,13-14,16-21,23,30H,2-3,9,12,15,22,24-25H2,1H3,(H,40,41,42,43)/t30-,38+/m1/s1. The number of nitrogens with one attached hydrogen (secondary N) is 1. The molecule has 0 spiro atoms. The van der Waals surface area contributed by atoms with Gasteiger partial charge in [-0.1, -0.05) is 98.3 Å². The van der Waals surface area contributed by atoms with E-state index in [1.165, 1.54) is 0 Å². The number of hydrogen-bond donors (Lipinski definition) is 1. The molecular formula is C38H37N7O2. The highest BCUT2D eigenvalue weighted by Crippen LogP contribution is 2.48. The Morgan fingerprint density at radius 1 is 0.936 bits per heavy atom. The van der Waals surface area contributed by atoms with E-state index in [0.29, 0.717) is 23.8 Å². The molecule has 2 aliphatic heterocycles. The van der Waals surface area contributed by atoms with E-state index in [1.54, 1.807) is 0 Å². The summed E-state index contributed by atoms with van der Waals surface area (Å²) in [5.74, 6) is 1.37. The van der Waals surface area contributed by atoms with Crippen molar-refractivity contribution >= 4 is 10.9 Å². The first-order valence-corrected chi connectivity index (χ1v) is 16.6. The summed E-state index contributed by atoms with van der Waals surface area (Å²) in [6.45, 7) is 3.54. The topological polar surface area (TPSA) is 102 Å². The fourth-order valence-electron chi connectivity index (χ4n) is 7.30. The Morgan fingerprint density at radius 2 is 1.74 bits per heavy atom. The molecule has 2 aliphatic rings. The van der Waals surface area contributed by atoms with Crippen LogP contribution in [0.5, 0.6) is 0 Å². The molecule has 0 bridgehead atoms. The Labute approximate surface area is 273 Å². The smallest absolute Gasteiger partial charge is 0.261 e. The van der Waals surface area contributed by atoms with Gasteiger partial charge in [0.1, 0.15) is 11.4 Å². The van der Waals surface area contributed by atoms with Gasteiger partial charge in [-0.3, -0.25) is 14.2 Å². The zero-order valence-electron chi connectivity index (χ0n) is 26.5. The zero-order valence-corrected chi connectivity index (χ0v) is 26.5. The van der Waals surface area contributed by atoms with Crippen molar-refractivity contribution in [3.63, 3.8) is 0 Å². The van der Waals surface area contributed by atoms with E-state index in [2.05, 4.69) is 93.3 Å². The average Bonchev–Trinajstić information content (AvgIpc) is 3.88. The molecule has 0 unspecified atom stereocenters.